The lowest BCUT2D eigenvalue weighted by atomic mass is 9.70. The lowest BCUT2D eigenvalue weighted by molar-refractivity contribution is -0.330. The number of carbonyl (C=O) groups is 6. The zero-order chi connectivity index (χ0) is 51.3. The van der Waals surface area contributed by atoms with Gasteiger partial charge in [0.05, 0.1) is 48.6 Å². The van der Waals surface area contributed by atoms with Crippen LogP contribution >= 0.6 is 0 Å². The molecule has 0 spiro atoms. The fourth-order valence-electron chi connectivity index (χ4n) is 8.07. The minimum Gasteiger partial charge on any atom is -0.464 e. The van der Waals surface area contributed by atoms with Crippen LogP contribution in [-0.2, 0) is 47.9 Å². The van der Waals surface area contributed by atoms with Crippen molar-refractivity contribution in [3.05, 3.63) is 12.7 Å². The second kappa shape index (κ2) is 28.3. The Morgan fingerprint density at radius 1 is 0.727 bits per heavy atom. The first-order chi connectivity index (χ1) is 30.6. The zero-order valence-electron chi connectivity index (χ0n) is 43.9. The lowest BCUT2D eigenvalue weighted by Crippen LogP contribution is -2.69. The third-order valence-corrected chi connectivity index (χ3v) is 13.9. The number of Topliss-reactive ketones (excluding diaryl/α,β-unsaturated/α-hetero) is 2. The summed E-state index contributed by atoms with van der Waals surface area (Å²) >= 11 is 0. The van der Waals surface area contributed by atoms with E-state index in [0.717, 1.165) is 38.5 Å². The number of aliphatic hydroxyl groups excluding tert-OH is 2. The van der Waals surface area contributed by atoms with Gasteiger partial charge in [0.1, 0.15) is 11.6 Å². The highest BCUT2D eigenvalue weighted by Crippen LogP contribution is 2.46. The van der Waals surface area contributed by atoms with Crippen LogP contribution < -0.4 is 10.6 Å². The number of hydrogen-bond donors (Lipinski definition) is 4. The number of hydrogen-bond acceptors (Lipinski definition) is 14. The van der Waals surface area contributed by atoms with Crippen LogP contribution in [0.15, 0.2) is 12.7 Å². The molecule has 2 aliphatic heterocycles. The van der Waals surface area contributed by atoms with E-state index >= 15 is 0 Å². The first-order valence-corrected chi connectivity index (χ1v) is 24.4. The van der Waals surface area contributed by atoms with Crippen molar-refractivity contribution in [1.29, 1.82) is 0 Å². The highest BCUT2D eigenvalue weighted by atomic mass is 16.7. The van der Waals surface area contributed by atoms with Crippen molar-refractivity contribution in [2.75, 3.05) is 39.5 Å². The maximum absolute atomic E-state index is 13.1. The average Bonchev–Trinajstić information content (AvgIpc) is 3.28. The van der Waals surface area contributed by atoms with Crippen molar-refractivity contribution in [2.24, 2.45) is 17.3 Å². The lowest BCUT2D eigenvalue weighted by Gasteiger charge is -2.57. The molecule has 66 heavy (non-hydrogen) atoms. The quantitative estimate of drug-likeness (QED) is 0.0438. The van der Waals surface area contributed by atoms with Crippen molar-refractivity contribution < 1.29 is 58.1 Å². The highest BCUT2D eigenvalue weighted by Gasteiger charge is 2.57. The number of carbonyl (C=O) groups excluding carboxylic acids is 6. The van der Waals surface area contributed by atoms with Crippen LogP contribution in [0.1, 0.15) is 181 Å². The van der Waals surface area contributed by atoms with E-state index in [1.165, 1.54) is 6.08 Å². The van der Waals surface area contributed by atoms with Gasteiger partial charge in [0.2, 0.25) is 5.91 Å². The van der Waals surface area contributed by atoms with Gasteiger partial charge >= 0.3 is 11.9 Å². The van der Waals surface area contributed by atoms with Gasteiger partial charge in [-0.3, -0.25) is 28.9 Å². The Kier molecular flexibility index (Phi) is 26.9. The second-order valence-electron chi connectivity index (χ2n) is 19.9. The van der Waals surface area contributed by atoms with Gasteiger partial charge in [-0.2, -0.15) is 10.1 Å². The van der Waals surface area contributed by atoms with Crippen LogP contribution in [0.25, 0.3) is 0 Å². The number of hydroxylamine groups is 4. The number of rotatable bonds is 24. The van der Waals surface area contributed by atoms with Crippen molar-refractivity contribution in [2.45, 2.75) is 215 Å². The molecule has 2 rings (SSSR count). The Hall–Kier alpha value is -3.28. The van der Waals surface area contributed by atoms with E-state index in [1.807, 2.05) is 93.2 Å². The molecule has 7 unspecified atom stereocenters. The Labute approximate surface area is 397 Å². The van der Waals surface area contributed by atoms with Gasteiger partial charge < -0.3 is 30.3 Å². The topological polar surface area (TPSA) is 210 Å². The number of nitrogens with one attached hydrogen (secondary N) is 2. The third-order valence-electron chi connectivity index (χ3n) is 13.9. The SMILES string of the molecule is C=CC(=O)OCCCC.CCC1(C)CC(=O)C(C)C(C)(CC)N1OC(C)(C)C(=O)NCCO.CCCCOC(=O)C(CC(C)(C)C(=O)NCCO)ON1C(C)(CC)CC(=O)C(C)C1(C)CC. The van der Waals surface area contributed by atoms with E-state index in [2.05, 4.69) is 21.9 Å². The molecule has 2 aliphatic rings. The third kappa shape index (κ3) is 17.0. The van der Waals surface area contributed by atoms with Gasteiger partial charge in [-0.25, -0.2) is 9.59 Å². The van der Waals surface area contributed by atoms with Crippen LogP contribution in [0.2, 0.25) is 0 Å². The number of amides is 2. The molecule has 2 amide bonds. The Balaban J connectivity index is 0.00000111. The number of piperidine rings is 2. The van der Waals surface area contributed by atoms with E-state index in [9.17, 15) is 28.8 Å². The van der Waals surface area contributed by atoms with E-state index in [1.54, 1.807) is 27.7 Å². The predicted octanol–water partition coefficient (Wildman–Crippen LogP) is 6.97. The number of unbranched alkanes of at least 4 members (excludes halogenated alkanes) is 2. The average molecular weight is 941 g/mol. The van der Waals surface area contributed by atoms with Gasteiger partial charge in [-0.1, -0.05) is 88.7 Å². The summed E-state index contributed by atoms with van der Waals surface area (Å²) in [6, 6.07) is 0. The summed E-state index contributed by atoms with van der Waals surface area (Å²) in [5, 5.41) is 27.1. The number of ether oxygens (including phenoxy) is 2. The standard InChI is InChI=1S/C25H46N2O6.C18H34N2O4.C7H12O2/c1-9-12-15-32-21(30)20(17-23(5,6)22(31)26-13-14-28)33-27-24(7,10-2)16-19(29)18(4)25(27,8)11-3;1-8-17(6)12-14(22)13(3)18(7,9-2)20(17)24-16(4,5)15(23)19-10-11-21;1-3-5-6-9-7(8)4-2/h18,20,28H,9-17H2,1-8H3,(H,26,31);13,21H,8-12H2,1-7H3,(H,19,23);4H,2-3,5-6H2,1H3. The van der Waals surface area contributed by atoms with E-state index < -0.39 is 45.2 Å². The van der Waals surface area contributed by atoms with Gasteiger partial charge in [-0.05, 0) is 80.1 Å². The summed E-state index contributed by atoms with van der Waals surface area (Å²) in [6.45, 7) is 35.1. The molecule has 384 valence electrons. The van der Waals surface area contributed by atoms with Crippen LogP contribution in [0, 0.1) is 17.3 Å². The summed E-state index contributed by atoms with van der Waals surface area (Å²) in [7, 11) is 0. The molecule has 16 heteroatoms. The Morgan fingerprint density at radius 3 is 1.56 bits per heavy atom. The molecular weight excluding hydrogens is 849 g/mol. The maximum atomic E-state index is 13.1. The molecule has 0 aromatic carbocycles. The van der Waals surface area contributed by atoms with Gasteiger partial charge in [0, 0.05) is 55.7 Å². The molecule has 2 saturated heterocycles. The summed E-state index contributed by atoms with van der Waals surface area (Å²) in [5.74, 6) is -1.39. The molecule has 2 fully saturated rings. The fourth-order valence-corrected chi connectivity index (χ4v) is 8.07. The number of esters is 2. The maximum Gasteiger partial charge on any atom is 0.337 e. The molecule has 0 bridgehead atoms. The highest BCUT2D eigenvalue weighted by molar-refractivity contribution is 5.86. The Morgan fingerprint density at radius 2 is 1.15 bits per heavy atom. The minimum absolute atomic E-state index is 0.105. The summed E-state index contributed by atoms with van der Waals surface area (Å²) < 4.78 is 10.2. The molecule has 7 atom stereocenters. The predicted molar refractivity (Wildman–Crippen MR) is 257 cm³/mol. The van der Waals surface area contributed by atoms with E-state index in [-0.39, 0.29) is 80.5 Å². The first kappa shape index (κ1) is 62.7. The number of nitrogens with zero attached hydrogens (tertiary/aromatic N) is 2. The molecule has 0 radical (unpaired) electrons. The molecule has 0 aromatic rings. The van der Waals surface area contributed by atoms with Crippen LogP contribution in [-0.4, -0.2) is 129 Å². The molecule has 16 nitrogen and oxygen atoms in total. The summed E-state index contributed by atoms with van der Waals surface area (Å²) in [6.07, 6.45) is 7.44. The van der Waals surface area contributed by atoms with E-state index in [4.69, 9.17) is 24.6 Å². The van der Waals surface area contributed by atoms with Crippen molar-refractivity contribution >= 4 is 35.3 Å². The molecule has 2 heterocycles. The molecule has 0 saturated carbocycles. The largest absolute Gasteiger partial charge is 0.464 e. The van der Waals surface area contributed by atoms with Crippen molar-refractivity contribution in [3.8, 4) is 0 Å². The summed E-state index contributed by atoms with van der Waals surface area (Å²) in [4.78, 5) is 86.7. The van der Waals surface area contributed by atoms with E-state index in [0.29, 0.717) is 32.3 Å². The monoisotopic (exact) mass is 941 g/mol. The van der Waals surface area contributed by atoms with Crippen molar-refractivity contribution in [3.63, 3.8) is 0 Å². The normalized spacial score (nSPS) is 26.5. The first-order valence-electron chi connectivity index (χ1n) is 24.4. The fraction of sp³-hybridized carbons (Fsp3) is 0.840. The number of ketones is 2. The second-order valence-corrected chi connectivity index (χ2v) is 19.9. The molecular formula is C50H92N4O12. The minimum atomic E-state index is -1.10. The number of aliphatic hydroxyl groups is 2. The smallest absolute Gasteiger partial charge is 0.337 e. The molecule has 0 aromatic heterocycles. The van der Waals surface area contributed by atoms with Crippen LogP contribution in [0.3, 0.4) is 0 Å². The van der Waals surface area contributed by atoms with Crippen LogP contribution in [0.5, 0.6) is 0 Å². The van der Waals surface area contributed by atoms with Gasteiger partial charge in [-0.15, -0.1) is 0 Å². The van der Waals surface area contributed by atoms with Crippen molar-refractivity contribution in [1.82, 2.24) is 20.8 Å². The van der Waals surface area contributed by atoms with Gasteiger partial charge in [0.25, 0.3) is 5.91 Å². The molecule has 4 N–H and O–H groups in total. The Bertz CT molecular complexity index is 1570. The van der Waals surface area contributed by atoms with Crippen LogP contribution in [0.4, 0.5) is 0 Å². The summed E-state index contributed by atoms with van der Waals surface area (Å²) in [5.41, 5.74) is -4.16. The molecule has 0 aliphatic carbocycles. The van der Waals surface area contributed by atoms with Gasteiger partial charge in [0.15, 0.2) is 11.7 Å². The zero-order valence-corrected chi connectivity index (χ0v) is 43.9.